The van der Waals surface area contributed by atoms with E-state index in [1.165, 1.54) is 0 Å². The van der Waals surface area contributed by atoms with E-state index in [1.807, 2.05) is 63.2 Å². The number of methoxy groups -OCH3 is 1. The highest BCUT2D eigenvalue weighted by Crippen LogP contribution is 2.30. The van der Waals surface area contributed by atoms with Gasteiger partial charge in [-0.15, -0.1) is 10.2 Å². The predicted octanol–water partition coefficient (Wildman–Crippen LogP) is 4.88. The van der Waals surface area contributed by atoms with Crippen molar-refractivity contribution in [2.45, 2.75) is 27.2 Å². The minimum absolute atomic E-state index is 0.198. The SMILES string of the molecule is CCc1nn2c(C)c(C(=O)Nc3cc(C)ccc3OC)nnc2c1-c1ccc(Cl)cc1. The van der Waals surface area contributed by atoms with Crippen LogP contribution in [0, 0.1) is 13.8 Å². The summed E-state index contributed by atoms with van der Waals surface area (Å²) in [6.07, 6.45) is 0.711. The second-order valence-corrected chi connectivity index (χ2v) is 7.65. The van der Waals surface area contributed by atoms with E-state index in [2.05, 4.69) is 15.5 Å². The number of hydrogen-bond donors (Lipinski definition) is 1. The number of anilines is 1. The summed E-state index contributed by atoms with van der Waals surface area (Å²) in [6, 6.07) is 13.1. The normalized spacial score (nSPS) is 11.0. The maximum absolute atomic E-state index is 13.0. The fraction of sp³-hybridized carbons (Fsp3) is 0.217. The molecule has 158 valence electrons. The number of amides is 1. The van der Waals surface area contributed by atoms with Crippen LogP contribution in [0.4, 0.5) is 5.69 Å². The summed E-state index contributed by atoms with van der Waals surface area (Å²) in [5.74, 6) is 0.195. The van der Waals surface area contributed by atoms with Crippen molar-refractivity contribution in [3.05, 3.63) is 70.1 Å². The third kappa shape index (κ3) is 3.84. The van der Waals surface area contributed by atoms with Gasteiger partial charge in [0.05, 0.1) is 29.7 Å². The van der Waals surface area contributed by atoms with Gasteiger partial charge in [-0.1, -0.05) is 36.7 Å². The Morgan fingerprint density at radius 1 is 1.13 bits per heavy atom. The Bertz CT molecular complexity index is 1280. The molecule has 7 nitrogen and oxygen atoms in total. The monoisotopic (exact) mass is 435 g/mol. The molecule has 0 radical (unpaired) electrons. The van der Waals surface area contributed by atoms with Crippen molar-refractivity contribution >= 4 is 28.8 Å². The number of benzene rings is 2. The van der Waals surface area contributed by atoms with Crippen molar-refractivity contribution in [1.82, 2.24) is 19.8 Å². The Balaban J connectivity index is 1.77. The Morgan fingerprint density at radius 2 is 1.87 bits per heavy atom. The van der Waals surface area contributed by atoms with Gasteiger partial charge in [0.2, 0.25) is 0 Å². The summed E-state index contributed by atoms with van der Waals surface area (Å²) in [4.78, 5) is 13.0. The molecule has 0 unspecified atom stereocenters. The molecule has 4 aromatic rings. The molecule has 0 saturated heterocycles. The van der Waals surface area contributed by atoms with Crippen LogP contribution >= 0.6 is 11.6 Å². The number of fused-ring (bicyclic) bond motifs is 1. The van der Waals surface area contributed by atoms with Crippen LogP contribution in [0.2, 0.25) is 5.02 Å². The molecular formula is C23H22ClN5O2. The predicted molar refractivity (Wildman–Crippen MR) is 121 cm³/mol. The zero-order chi connectivity index (χ0) is 22.1. The van der Waals surface area contributed by atoms with Gasteiger partial charge >= 0.3 is 0 Å². The average molecular weight is 436 g/mol. The number of nitrogens with one attached hydrogen (secondary N) is 1. The smallest absolute Gasteiger partial charge is 0.278 e. The van der Waals surface area contributed by atoms with Gasteiger partial charge in [-0.2, -0.15) is 5.10 Å². The fourth-order valence-corrected chi connectivity index (χ4v) is 3.65. The molecule has 0 bridgehead atoms. The Morgan fingerprint density at radius 3 is 2.55 bits per heavy atom. The molecule has 0 aliphatic rings. The number of aryl methyl sites for hydroxylation is 3. The van der Waals surface area contributed by atoms with Crippen LogP contribution in [0.5, 0.6) is 5.75 Å². The van der Waals surface area contributed by atoms with E-state index in [1.54, 1.807) is 11.6 Å². The summed E-state index contributed by atoms with van der Waals surface area (Å²) in [6.45, 7) is 5.78. The average Bonchev–Trinajstić information content (AvgIpc) is 3.14. The molecule has 4 rings (SSSR count). The number of carbonyl (C=O) groups excluding carboxylic acids is 1. The number of rotatable bonds is 5. The summed E-state index contributed by atoms with van der Waals surface area (Å²) < 4.78 is 7.03. The molecule has 1 amide bonds. The second-order valence-electron chi connectivity index (χ2n) is 7.21. The molecule has 2 heterocycles. The van der Waals surface area contributed by atoms with Gasteiger partial charge in [0.1, 0.15) is 5.75 Å². The largest absolute Gasteiger partial charge is 0.495 e. The summed E-state index contributed by atoms with van der Waals surface area (Å²) >= 11 is 6.04. The molecule has 0 aliphatic carbocycles. The van der Waals surface area contributed by atoms with E-state index in [9.17, 15) is 4.79 Å². The first-order valence-electron chi connectivity index (χ1n) is 9.89. The molecule has 31 heavy (non-hydrogen) atoms. The van der Waals surface area contributed by atoms with E-state index in [-0.39, 0.29) is 11.6 Å². The minimum atomic E-state index is -0.377. The first-order chi connectivity index (χ1) is 14.9. The van der Waals surface area contributed by atoms with Crippen LogP contribution in [0.25, 0.3) is 16.8 Å². The quantitative estimate of drug-likeness (QED) is 0.483. The van der Waals surface area contributed by atoms with Gasteiger partial charge in [0.25, 0.3) is 5.91 Å². The number of nitrogens with zero attached hydrogens (tertiary/aromatic N) is 4. The summed E-state index contributed by atoms with van der Waals surface area (Å²) in [5, 5.41) is 16.8. The lowest BCUT2D eigenvalue weighted by Crippen LogP contribution is -2.19. The van der Waals surface area contributed by atoms with Gasteiger partial charge in [-0.25, -0.2) is 4.52 Å². The van der Waals surface area contributed by atoms with E-state index in [0.717, 1.165) is 22.4 Å². The highest BCUT2D eigenvalue weighted by atomic mass is 35.5. The maximum atomic E-state index is 13.0. The summed E-state index contributed by atoms with van der Waals surface area (Å²) in [5.41, 5.74) is 5.69. The van der Waals surface area contributed by atoms with E-state index >= 15 is 0 Å². The molecule has 0 aliphatic heterocycles. The second kappa shape index (κ2) is 8.35. The zero-order valence-electron chi connectivity index (χ0n) is 17.7. The number of ether oxygens (including phenoxy) is 1. The summed E-state index contributed by atoms with van der Waals surface area (Å²) in [7, 11) is 1.56. The topological polar surface area (TPSA) is 81.4 Å². The first kappa shape index (κ1) is 20.8. The highest BCUT2D eigenvalue weighted by molar-refractivity contribution is 6.30. The van der Waals surface area contributed by atoms with Crippen molar-refractivity contribution in [1.29, 1.82) is 0 Å². The Kier molecular flexibility index (Phi) is 5.61. The van der Waals surface area contributed by atoms with Crippen molar-refractivity contribution in [2.75, 3.05) is 12.4 Å². The Labute approximate surface area is 185 Å². The van der Waals surface area contributed by atoms with Gasteiger partial charge < -0.3 is 10.1 Å². The Hall–Kier alpha value is -3.45. The van der Waals surface area contributed by atoms with E-state index < -0.39 is 0 Å². The van der Waals surface area contributed by atoms with Gasteiger partial charge in [0, 0.05) is 5.02 Å². The van der Waals surface area contributed by atoms with Crippen LogP contribution in [0.3, 0.4) is 0 Å². The fourth-order valence-electron chi connectivity index (χ4n) is 3.52. The zero-order valence-corrected chi connectivity index (χ0v) is 18.5. The third-order valence-corrected chi connectivity index (χ3v) is 5.38. The highest BCUT2D eigenvalue weighted by Gasteiger charge is 2.22. The molecule has 2 aromatic heterocycles. The molecule has 8 heteroatoms. The molecule has 0 fully saturated rings. The number of carbonyl (C=O) groups is 1. The van der Waals surface area contributed by atoms with E-state index in [4.69, 9.17) is 21.4 Å². The maximum Gasteiger partial charge on any atom is 0.278 e. The lowest BCUT2D eigenvalue weighted by atomic mass is 10.0. The van der Waals surface area contributed by atoms with Crippen LogP contribution < -0.4 is 10.1 Å². The molecular weight excluding hydrogens is 414 g/mol. The molecule has 2 aromatic carbocycles. The van der Waals surface area contributed by atoms with Gasteiger partial charge in [0.15, 0.2) is 11.3 Å². The lowest BCUT2D eigenvalue weighted by Gasteiger charge is -2.11. The van der Waals surface area contributed by atoms with Crippen molar-refractivity contribution in [2.24, 2.45) is 0 Å². The van der Waals surface area contributed by atoms with Gasteiger partial charge in [-0.05, 0) is 55.7 Å². The number of hydrogen-bond acceptors (Lipinski definition) is 5. The lowest BCUT2D eigenvalue weighted by molar-refractivity contribution is 0.101. The van der Waals surface area contributed by atoms with Crippen molar-refractivity contribution < 1.29 is 9.53 Å². The standard InChI is InChI=1S/C23H22ClN5O2/c1-5-17-20(15-7-9-16(24)10-8-15)22-27-26-21(14(3)29(22)28-17)23(30)25-18-12-13(2)6-11-19(18)31-4/h6-12H,5H2,1-4H3,(H,25,30). The molecule has 1 N–H and O–H groups in total. The van der Waals surface area contributed by atoms with Gasteiger partial charge in [-0.3, -0.25) is 4.79 Å². The van der Waals surface area contributed by atoms with Crippen molar-refractivity contribution in [3.8, 4) is 16.9 Å². The third-order valence-electron chi connectivity index (χ3n) is 5.12. The first-order valence-corrected chi connectivity index (χ1v) is 10.3. The molecule has 0 spiro atoms. The van der Waals surface area contributed by atoms with Crippen molar-refractivity contribution in [3.63, 3.8) is 0 Å². The van der Waals surface area contributed by atoms with Crippen LogP contribution in [0.15, 0.2) is 42.5 Å². The van der Waals surface area contributed by atoms with E-state index in [0.29, 0.717) is 34.2 Å². The number of aromatic nitrogens is 4. The van der Waals surface area contributed by atoms with Crippen LogP contribution in [-0.4, -0.2) is 32.8 Å². The van der Waals surface area contributed by atoms with Crippen LogP contribution in [-0.2, 0) is 6.42 Å². The number of halogens is 1. The molecule has 0 atom stereocenters. The molecule has 0 saturated carbocycles. The minimum Gasteiger partial charge on any atom is -0.495 e. The van der Waals surface area contributed by atoms with Crippen LogP contribution in [0.1, 0.15) is 34.4 Å².